The van der Waals surface area contributed by atoms with E-state index in [0.29, 0.717) is 18.7 Å². The summed E-state index contributed by atoms with van der Waals surface area (Å²) in [6.45, 7) is 4.94. The van der Waals surface area contributed by atoms with Crippen molar-refractivity contribution >= 4 is 12.2 Å². The molecule has 1 amide bonds. The van der Waals surface area contributed by atoms with E-state index in [0.717, 1.165) is 32.2 Å². The molecule has 5 heteroatoms. The molecule has 5 nitrogen and oxygen atoms in total. The Morgan fingerprint density at radius 2 is 2.05 bits per heavy atom. The van der Waals surface area contributed by atoms with Gasteiger partial charge in [0.25, 0.3) is 0 Å². The maximum Gasteiger partial charge on any atom is 0.221 e. The highest BCUT2D eigenvalue weighted by Crippen LogP contribution is 2.08. The number of aldehydes is 1. The van der Waals surface area contributed by atoms with Crippen LogP contribution in [0.15, 0.2) is 18.3 Å². The van der Waals surface area contributed by atoms with Crippen molar-refractivity contribution in [1.29, 1.82) is 0 Å². The summed E-state index contributed by atoms with van der Waals surface area (Å²) >= 11 is 0. The maximum absolute atomic E-state index is 11.7. The molecule has 1 aromatic rings. The molecule has 0 radical (unpaired) electrons. The second-order valence-electron chi connectivity index (χ2n) is 5.60. The number of rotatable bonds is 9. The van der Waals surface area contributed by atoms with Gasteiger partial charge in [0.15, 0.2) is 6.29 Å². The molecule has 1 aliphatic rings. The lowest BCUT2D eigenvalue weighted by Crippen LogP contribution is -2.27. The number of nitrogens with zero attached hydrogens (tertiary/aromatic N) is 2. The van der Waals surface area contributed by atoms with Crippen LogP contribution in [-0.2, 0) is 11.3 Å². The van der Waals surface area contributed by atoms with Crippen LogP contribution in [0.4, 0.5) is 0 Å². The summed E-state index contributed by atoms with van der Waals surface area (Å²) in [5.41, 5.74) is 0.619. The highest BCUT2D eigenvalue weighted by Gasteiger charge is 2.10. The molecule has 0 aliphatic carbocycles. The lowest BCUT2D eigenvalue weighted by Gasteiger charge is -2.14. The van der Waals surface area contributed by atoms with Crippen LogP contribution >= 0.6 is 0 Å². The van der Waals surface area contributed by atoms with Crippen LogP contribution in [0.2, 0.25) is 0 Å². The maximum atomic E-state index is 11.7. The van der Waals surface area contributed by atoms with Crippen molar-refractivity contribution in [2.24, 2.45) is 0 Å². The van der Waals surface area contributed by atoms with E-state index in [9.17, 15) is 9.59 Å². The first-order chi connectivity index (χ1) is 10.3. The van der Waals surface area contributed by atoms with Crippen LogP contribution in [0.25, 0.3) is 0 Å². The fraction of sp³-hybridized carbons (Fsp3) is 0.625. The Labute approximate surface area is 126 Å². The summed E-state index contributed by atoms with van der Waals surface area (Å²) < 4.78 is 1.81. The zero-order valence-corrected chi connectivity index (χ0v) is 12.6. The Morgan fingerprint density at radius 1 is 1.24 bits per heavy atom. The fourth-order valence-corrected chi connectivity index (χ4v) is 2.74. The predicted octanol–water partition coefficient (Wildman–Crippen LogP) is 1.68. The van der Waals surface area contributed by atoms with E-state index in [1.165, 1.54) is 25.9 Å². The zero-order valence-electron chi connectivity index (χ0n) is 12.6. The molecule has 0 atom stereocenters. The molecule has 21 heavy (non-hydrogen) atoms. The molecular formula is C16H25N3O2. The third-order valence-corrected chi connectivity index (χ3v) is 3.99. The van der Waals surface area contributed by atoms with Crippen molar-refractivity contribution in [3.05, 3.63) is 24.0 Å². The molecule has 0 unspecified atom stereocenters. The molecule has 0 spiro atoms. The molecule has 1 aliphatic heterocycles. The fourth-order valence-electron chi connectivity index (χ4n) is 2.74. The minimum absolute atomic E-state index is 0.0571. The van der Waals surface area contributed by atoms with Gasteiger partial charge in [-0.1, -0.05) is 0 Å². The number of hydrogen-bond acceptors (Lipinski definition) is 3. The van der Waals surface area contributed by atoms with Crippen LogP contribution in [0, 0.1) is 0 Å². The Bertz CT molecular complexity index is 450. The number of carbonyl (C=O) groups excluding carboxylic acids is 2. The van der Waals surface area contributed by atoms with Gasteiger partial charge in [-0.25, -0.2) is 0 Å². The standard InChI is InChI=1S/C16H25N3O2/c20-14-15-6-5-12-19(15)13-7-16(21)17-8-1-2-9-18-10-3-4-11-18/h5-6,12,14H,1-4,7-11,13H2,(H,17,21). The Balaban J connectivity index is 1.52. The van der Waals surface area contributed by atoms with Crippen molar-refractivity contribution < 1.29 is 9.59 Å². The first-order valence-corrected chi connectivity index (χ1v) is 7.89. The third-order valence-electron chi connectivity index (χ3n) is 3.99. The topological polar surface area (TPSA) is 54.3 Å². The molecule has 0 aromatic carbocycles. The second-order valence-corrected chi connectivity index (χ2v) is 5.60. The van der Waals surface area contributed by atoms with E-state index in [-0.39, 0.29) is 5.91 Å². The van der Waals surface area contributed by atoms with Crippen molar-refractivity contribution in [1.82, 2.24) is 14.8 Å². The number of carbonyl (C=O) groups is 2. The second kappa shape index (κ2) is 8.62. The average Bonchev–Trinajstić information content (AvgIpc) is 3.15. The van der Waals surface area contributed by atoms with E-state index in [2.05, 4.69) is 10.2 Å². The first kappa shape index (κ1) is 15.8. The van der Waals surface area contributed by atoms with Gasteiger partial charge in [-0.05, 0) is 57.5 Å². The van der Waals surface area contributed by atoms with Crippen LogP contribution < -0.4 is 5.32 Å². The number of aryl methyl sites for hydroxylation is 1. The van der Waals surface area contributed by atoms with Gasteiger partial charge >= 0.3 is 0 Å². The van der Waals surface area contributed by atoms with E-state index >= 15 is 0 Å². The number of hydrogen-bond donors (Lipinski definition) is 1. The van der Waals surface area contributed by atoms with Gasteiger partial charge < -0.3 is 14.8 Å². The molecular weight excluding hydrogens is 266 g/mol. The molecule has 0 saturated carbocycles. The molecule has 116 valence electrons. The molecule has 1 N–H and O–H groups in total. The Hall–Kier alpha value is -1.62. The van der Waals surface area contributed by atoms with Gasteiger partial charge in [0.2, 0.25) is 5.91 Å². The van der Waals surface area contributed by atoms with Crippen molar-refractivity contribution in [2.75, 3.05) is 26.2 Å². The van der Waals surface area contributed by atoms with Gasteiger partial charge in [0.05, 0.1) is 5.69 Å². The quantitative estimate of drug-likeness (QED) is 0.556. The Morgan fingerprint density at radius 3 is 2.81 bits per heavy atom. The molecule has 2 heterocycles. The third kappa shape index (κ3) is 5.34. The summed E-state index contributed by atoms with van der Waals surface area (Å²) in [6, 6.07) is 3.57. The van der Waals surface area contributed by atoms with E-state index < -0.39 is 0 Å². The highest BCUT2D eigenvalue weighted by atomic mass is 16.1. The van der Waals surface area contributed by atoms with Gasteiger partial charge in [-0.15, -0.1) is 0 Å². The number of aromatic nitrogens is 1. The summed E-state index contributed by atoms with van der Waals surface area (Å²) in [5.74, 6) is 0.0571. The number of amides is 1. The summed E-state index contributed by atoms with van der Waals surface area (Å²) in [7, 11) is 0. The minimum Gasteiger partial charge on any atom is -0.356 e. The van der Waals surface area contributed by atoms with Gasteiger partial charge in [-0.3, -0.25) is 9.59 Å². The summed E-state index contributed by atoms with van der Waals surface area (Å²) in [5, 5.41) is 2.95. The van der Waals surface area contributed by atoms with E-state index in [1.807, 2.05) is 12.3 Å². The van der Waals surface area contributed by atoms with E-state index in [1.54, 1.807) is 10.6 Å². The largest absolute Gasteiger partial charge is 0.356 e. The Kier molecular flexibility index (Phi) is 6.47. The van der Waals surface area contributed by atoms with E-state index in [4.69, 9.17) is 0 Å². The molecule has 1 aromatic heterocycles. The molecule has 1 saturated heterocycles. The van der Waals surface area contributed by atoms with Gasteiger partial charge in [-0.2, -0.15) is 0 Å². The predicted molar refractivity (Wildman–Crippen MR) is 82.4 cm³/mol. The SMILES string of the molecule is O=Cc1cccn1CCC(=O)NCCCCN1CCCC1. The lowest BCUT2D eigenvalue weighted by atomic mass is 10.3. The number of unbranched alkanes of at least 4 members (excludes halogenated alkanes) is 1. The summed E-state index contributed by atoms with van der Waals surface area (Å²) in [4.78, 5) is 25.0. The first-order valence-electron chi connectivity index (χ1n) is 7.89. The molecule has 0 bridgehead atoms. The van der Waals surface area contributed by atoms with Crippen molar-refractivity contribution in [3.8, 4) is 0 Å². The van der Waals surface area contributed by atoms with Crippen LogP contribution in [-0.4, -0.2) is 47.8 Å². The number of nitrogens with one attached hydrogen (secondary N) is 1. The average molecular weight is 291 g/mol. The number of likely N-dealkylation sites (tertiary alicyclic amines) is 1. The van der Waals surface area contributed by atoms with Crippen LogP contribution in [0.1, 0.15) is 42.6 Å². The van der Waals surface area contributed by atoms with Crippen LogP contribution in [0.3, 0.4) is 0 Å². The normalized spacial score (nSPS) is 15.2. The van der Waals surface area contributed by atoms with Gasteiger partial charge in [0, 0.05) is 25.7 Å². The molecule has 2 rings (SSSR count). The van der Waals surface area contributed by atoms with Crippen LogP contribution in [0.5, 0.6) is 0 Å². The van der Waals surface area contributed by atoms with Gasteiger partial charge in [0.1, 0.15) is 0 Å². The highest BCUT2D eigenvalue weighted by molar-refractivity contribution is 5.76. The lowest BCUT2D eigenvalue weighted by molar-refractivity contribution is -0.121. The van der Waals surface area contributed by atoms with Crippen molar-refractivity contribution in [2.45, 2.75) is 38.6 Å². The molecule has 1 fully saturated rings. The monoisotopic (exact) mass is 291 g/mol. The summed E-state index contributed by atoms with van der Waals surface area (Å²) in [6.07, 6.45) is 7.90. The smallest absolute Gasteiger partial charge is 0.221 e. The zero-order chi connectivity index (χ0) is 14.9. The van der Waals surface area contributed by atoms with Crippen molar-refractivity contribution in [3.63, 3.8) is 0 Å². The minimum atomic E-state index is 0.0571.